The van der Waals surface area contributed by atoms with E-state index in [4.69, 9.17) is 4.42 Å². The van der Waals surface area contributed by atoms with Crippen LogP contribution in [0.1, 0.15) is 52.4 Å². The molecule has 4 aromatic rings. The third-order valence-corrected chi connectivity index (χ3v) is 7.91. The van der Waals surface area contributed by atoms with Crippen molar-refractivity contribution in [3.05, 3.63) is 101 Å². The molecule has 1 aliphatic heterocycles. The lowest BCUT2D eigenvalue weighted by Crippen LogP contribution is -2.44. The zero-order valence-corrected chi connectivity index (χ0v) is 22.2. The minimum Gasteiger partial charge on any atom is -0.508 e. The SMILES string of the molecule is CCSC(c1nnc(-c2ccc(C(=O)NC3CCN(Cc4ccccc4)CC3)cc2)o1)c1ccccc1O. The lowest BCUT2D eigenvalue weighted by atomic mass is 10.0. The van der Waals surface area contributed by atoms with Gasteiger partial charge in [0.25, 0.3) is 5.91 Å². The normalized spacial score (nSPS) is 15.3. The van der Waals surface area contributed by atoms with Crippen molar-refractivity contribution >= 4 is 17.7 Å². The van der Waals surface area contributed by atoms with E-state index in [0.29, 0.717) is 17.3 Å². The predicted molar refractivity (Wildman–Crippen MR) is 150 cm³/mol. The summed E-state index contributed by atoms with van der Waals surface area (Å²) in [5.74, 6) is 1.79. The minimum atomic E-state index is -0.258. The number of para-hydroxylation sites is 1. The summed E-state index contributed by atoms with van der Waals surface area (Å²) in [6.45, 7) is 4.93. The maximum Gasteiger partial charge on any atom is 0.251 e. The van der Waals surface area contributed by atoms with Crippen LogP contribution >= 0.6 is 11.8 Å². The number of phenolic OH excluding ortho intramolecular Hbond substituents is 1. The van der Waals surface area contributed by atoms with E-state index in [-0.39, 0.29) is 22.9 Å². The van der Waals surface area contributed by atoms with E-state index in [1.165, 1.54) is 5.56 Å². The van der Waals surface area contributed by atoms with E-state index in [1.807, 2.05) is 37.3 Å². The Kier molecular flexibility index (Phi) is 8.41. The molecular weight excluding hydrogens is 496 g/mol. The smallest absolute Gasteiger partial charge is 0.251 e. The number of piperidine rings is 1. The monoisotopic (exact) mass is 528 g/mol. The molecule has 0 radical (unpaired) electrons. The molecule has 0 aliphatic carbocycles. The lowest BCUT2D eigenvalue weighted by molar-refractivity contribution is 0.0909. The summed E-state index contributed by atoms with van der Waals surface area (Å²) in [5, 5.41) is 21.8. The third kappa shape index (κ3) is 6.26. The standard InChI is InChI=1S/C30H32N4O3S/c1-2-38-27(25-10-6-7-11-26(25)35)30-33-32-29(37-30)23-14-12-22(13-15-23)28(36)31-24-16-18-34(19-17-24)20-21-8-4-3-5-9-21/h3-15,24,27,35H,2,16-20H2,1H3,(H,31,36). The van der Waals surface area contributed by atoms with Crippen molar-refractivity contribution in [3.63, 3.8) is 0 Å². The van der Waals surface area contributed by atoms with Gasteiger partial charge in [-0.3, -0.25) is 9.69 Å². The largest absolute Gasteiger partial charge is 0.508 e. The number of benzene rings is 3. The number of hydrogen-bond donors (Lipinski definition) is 2. The molecule has 1 saturated heterocycles. The van der Waals surface area contributed by atoms with Crippen LogP contribution in [-0.2, 0) is 6.54 Å². The van der Waals surface area contributed by atoms with Crippen LogP contribution < -0.4 is 5.32 Å². The molecule has 1 unspecified atom stereocenters. The number of likely N-dealkylation sites (tertiary alicyclic amines) is 1. The summed E-state index contributed by atoms with van der Waals surface area (Å²) in [5.41, 5.74) is 3.41. The van der Waals surface area contributed by atoms with Gasteiger partial charge >= 0.3 is 0 Å². The predicted octanol–water partition coefficient (Wildman–Crippen LogP) is 5.68. The van der Waals surface area contributed by atoms with Crippen molar-refractivity contribution in [1.29, 1.82) is 0 Å². The quantitative estimate of drug-likeness (QED) is 0.289. The Labute approximate surface area is 227 Å². The van der Waals surface area contributed by atoms with Gasteiger partial charge in [-0.15, -0.1) is 22.0 Å². The Balaban J connectivity index is 1.18. The Morgan fingerprint density at radius 3 is 2.45 bits per heavy atom. The first-order valence-corrected chi connectivity index (χ1v) is 14.1. The molecule has 2 heterocycles. The Morgan fingerprint density at radius 1 is 1.03 bits per heavy atom. The summed E-state index contributed by atoms with van der Waals surface area (Å²) in [6, 6.07) is 25.1. The van der Waals surface area contributed by atoms with Crippen LogP contribution in [-0.4, -0.2) is 51.0 Å². The van der Waals surface area contributed by atoms with Crippen molar-refractivity contribution in [3.8, 4) is 17.2 Å². The molecule has 2 N–H and O–H groups in total. The lowest BCUT2D eigenvalue weighted by Gasteiger charge is -2.32. The molecular formula is C30H32N4O3S. The number of thioether (sulfide) groups is 1. The fraction of sp³-hybridized carbons (Fsp3) is 0.300. The van der Waals surface area contributed by atoms with E-state index in [0.717, 1.165) is 49.4 Å². The number of carbonyl (C=O) groups excluding carboxylic acids is 1. The second-order valence-electron chi connectivity index (χ2n) is 9.43. The maximum absolute atomic E-state index is 12.9. The van der Waals surface area contributed by atoms with Crippen LogP contribution in [0.15, 0.2) is 83.3 Å². The zero-order valence-electron chi connectivity index (χ0n) is 21.4. The van der Waals surface area contributed by atoms with Gasteiger partial charge in [0, 0.05) is 42.4 Å². The van der Waals surface area contributed by atoms with Gasteiger partial charge in [-0.2, -0.15) is 0 Å². The summed E-state index contributed by atoms with van der Waals surface area (Å²) in [6.07, 6.45) is 1.88. The van der Waals surface area contributed by atoms with Crippen LogP contribution in [0, 0.1) is 0 Å². The van der Waals surface area contributed by atoms with Gasteiger partial charge in [0.05, 0.1) is 0 Å². The van der Waals surface area contributed by atoms with Gasteiger partial charge in [-0.25, -0.2) is 0 Å². The van der Waals surface area contributed by atoms with Crippen LogP contribution in [0.25, 0.3) is 11.5 Å². The highest BCUT2D eigenvalue weighted by Crippen LogP contribution is 2.39. The molecule has 0 spiro atoms. The first kappa shape index (κ1) is 26.0. The third-order valence-electron chi connectivity index (χ3n) is 6.78. The van der Waals surface area contributed by atoms with E-state index >= 15 is 0 Å². The van der Waals surface area contributed by atoms with Gasteiger partial charge in [0.2, 0.25) is 11.8 Å². The second-order valence-corrected chi connectivity index (χ2v) is 10.8. The summed E-state index contributed by atoms with van der Waals surface area (Å²) >= 11 is 1.62. The molecule has 0 bridgehead atoms. The molecule has 38 heavy (non-hydrogen) atoms. The van der Waals surface area contributed by atoms with E-state index < -0.39 is 0 Å². The zero-order chi connectivity index (χ0) is 26.3. The van der Waals surface area contributed by atoms with Crippen LogP contribution in [0.4, 0.5) is 0 Å². The Morgan fingerprint density at radius 2 is 1.74 bits per heavy atom. The second kappa shape index (κ2) is 12.3. The number of phenols is 1. The number of rotatable bonds is 9. The summed E-state index contributed by atoms with van der Waals surface area (Å²) < 4.78 is 6.01. The van der Waals surface area contributed by atoms with Gasteiger partial charge in [0.1, 0.15) is 11.0 Å². The molecule has 1 aromatic heterocycles. The number of nitrogens with one attached hydrogen (secondary N) is 1. The molecule has 1 amide bonds. The van der Waals surface area contributed by atoms with Crippen LogP contribution in [0.5, 0.6) is 5.75 Å². The molecule has 3 aromatic carbocycles. The molecule has 1 fully saturated rings. The van der Waals surface area contributed by atoms with E-state index in [1.54, 1.807) is 36.0 Å². The van der Waals surface area contributed by atoms with Crippen molar-refractivity contribution < 1.29 is 14.3 Å². The van der Waals surface area contributed by atoms with Crippen molar-refractivity contribution in [2.24, 2.45) is 0 Å². The molecule has 5 rings (SSSR count). The van der Waals surface area contributed by atoms with Gasteiger partial charge in [-0.05, 0) is 54.5 Å². The molecule has 196 valence electrons. The van der Waals surface area contributed by atoms with Crippen molar-refractivity contribution in [2.45, 2.75) is 37.6 Å². The molecule has 0 saturated carbocycles. The van der Waals surface area contributed by atoms with Gasteiger partial charge < -0.3 is 14.8 Å². The number of aromatic nitrogens is 2. The highest BCUT2D eigenvalue weighted by molar-refractivity contribution is 7.99. The topological polar surface area (TPSA) is 91.5 Å². The highest BCUT2D eigenvalue weighted by Gasteiger charge is 2.24. The first-order valence-electron chi connectivity index (χ1n) is 13.0. The highest BCUT2D eigenvalue weighted by atomic mass is 32.2. The van der Waals surface area contributed by atoms with Gasteiger partial charge in [0.15, 0.2) is 0 Å². The van der Waals surface area contributed by atoms with Crippen LogP contribution in [0.2, 0.25) is 0 Å². The van der Waals surface area contributed by atoms with Crippen LogP contribution in [0.3, 0.4) is 0 Å². The number of hydrogen-bond acceptors (Lipinski definition) is 7. The first-order chi connectivity index (χ1) is 18.6. The molecule has 1 atom stereocenters. The maximum atomic E-state index is 12.9. The van der Waals surface area contributed by atoms with Gasteiger partial charge in [-0.1, -0.05) is 55.5 Å². The van der Waals surface area contributed by atoms with E-state index in [9.17, 15) is 9.90 Å². The fourth-order valence-electron chi connectivity index (χ4n) is 4.74. The number of carbonyl (C=O) groups is 1. The summed E-state index contributed by atoms with van der Waals surface area (Å²) in [7, 11) is 0. The van der Waals surface area contributed by atoms with Crippen molar-refractivity contribution in [2.75, 3.05) is 18.8 Å². The summed E-state index contributed by atoms with van der Waals surface area (Å²) in [4.78, 5) is 15.3. The molecule has 1 aliphatic rings. The van der Waals surface area contributed by atoms with Crippen molar-refractivity contribution in [1.82, 2.24) is 20.4 Å². The number of amides is 1. The average molecular weight is 529 g/mol. The Bertz CT molecular complexity index is 1340. The minimum absolute atomic E-state index is 0.0664. The number of nitrogens with zero attached hydrogens (tertiary/aromatic N) is 3. The number of aromatic hydroxyl groups is 1. The average Bonchev–Trinajstić information content (AvgIpc) is 3.44. The fourth-order valence-corrected chi connectivity index (χ4v) is 5.69. The molecule has 8 heteroatoms. The van der Waals surface area contributed by atoms with E-state index in [2.05, 4.69) is 44.7 Å². The molecule has 7 nitrogen and oxygen atoms in total. The Hall–Kier alpha value is -3.62.